The van der Waals surface area contributed by atoms with Gasteiger partial charge in [0.05, 0.1) is 5.91 Å². The van der Waals surface area contributed by atoms with Crippen LogP contribution in [0.3, 0.4) is 0 Å². The molecule has 1 aromatic carbocycles. The molecule has 3 aliphatic rings. The van der Waals surface area contributed by atoms with Crippen molar-refractivity contribution in [3.8, 4) is 0 Å². The van der Waals surface area contributed by atoms with Gasteiger partial charge in [-0.05, 0) is 18.1 Å². The number of amides is 1. The summed E-state index contributed by atoms with van der Waals surface area (Å²) in [5.41, 5.74) is 11.1. The van der Waals surface area contributed by atoms with Crippen LogP contribution in [0.15, 0.2) is 23.8 Å². The van der Waals surface area contributed by atoms with E-state index in [0.29, 0.717) is 0 Å². The second-order valence-corrected chi connectivity index (χ2v) is 8.37. The van der Waals surface area contributed by atoms with Gasteiger partial charge in [-0.2, -0.15) is 11.3 Å². The standard InChI is InChI=1S/C13H25NO.C13H9.2CH3.Ti/c14-13(15)12-10-8-6-4-2-1-3-5-7-9-11-12;1-9-5-12-7-10-3-2-4-11(10)8-13(12)6-9;;;/h12H,1-11H2,(H2,14,15);2-5,7-8H,1H3;2*1H3;/q;3*-1;+4/p-1. The Morgan fingerprint density at radius 1 is 0.903 bits per heavy atom. The minimum Gasteiger partial charge on any atom is -0.668 e. The number of carbonyl (C=O) groups is 1. The van der Waals surface area contributed by atoms with Crippen LogP contribution < -0.4 is 10.4 Å². The van der Waals surface area contributed by atoms with Crippen molar-refractivity contribution in [2.24, 2.45) is 5.92 Å². The molecule has 1 N–H and O–H groups in total. The molecule has 1 aromatic rings. The summed E-state index contributed by atoms with van der Waals surface area (Å²) in [5, 5.41) is 2.56. The van der Waals surface area contributed by atoms with E-state index in [4.69, 9.17) is 5.73 Å². The first-order valence-corrected chi connectivity index (χ1v) is 11.0. The van der Waals surface area contributed by atoms with Gasteiger partial charge in [0.15, 0.2) is 0 Å². The van der Waals surface area contributed by atoms with Crippen LogP contribution in [-0.2, 0) is 26.5 Å². The normalized spacial score (nSPS) is 17.6. The van der Waals surface area contributed by atoms with Crippen LogP contribution in [0.1, 0.15) is 88.7 Å². The van der Waals surface area contributed by atoms with Crippen LogP contribution in [0.5, 0.6) is 0 Å². The third kappa shape index (κ3) is 9.33. The van der Waals surface area contributed by atoms with E-state index in [1.54, 1.807) is 0 Å². The number of hydrogen-bond acceptors (Lipinski definition) is 1. The number of rotatable bonds is 1. The molecule has 0 aliphatic heterocycles. The fourth-order valence-corrected chi connectivity index (χ4v) is 4.33. The van der Waals surface area contributed by atoms with Gasteiger partial charge in [0, 0.05) is 5.92 Å². The minimum atomic E-state index is -0.327. The maximum absolute atomic E-state index is 11.1. The average Bonchev–Trinajstić information content (AvgIpc) is 3.24. The maximum Gasteiger partial charge on any atom is 4.00 e. The summed E-state index contributed by atoms with van der Waals surface area (Å²) in [7, 11) is 0. The molecule has 31 heavy (non-hydrogen) atoms. The van der Waals surface area contributed by atoms with Crippen molar-refractivity contribution >= 4 is 30.2 Å². The van der Waals surface area contributed by atoms with Gasteiger partial charge in [0.1, 0.15) is 0 Å². The van der Waals surface area contributed by atoms with E-state index < -0.39 is 0 Å². The molecule has 3 heteroatoms. The molecular formula is C28H39NOTi. The fourth-order valence-electron chi connectivity index (χ4n) is 4.33. The van der Waals surface area contributed by atoms with Gasteiger partial charge in [-0.1, -0.05) is 94.6 Å². The van der Waals surface area contributed by atoms with Gasteiger partial charge in [0.25, 0.3) is 0 Å². The van der Waals surface area contributed by atoms with E-state index in [-0.39, 0.29) is 48.4 Å². The molecule has 1 fully saturated rings. The summed E-state index contributed by atoms with van der Waals surface area (Å²) in [6.07, 6.45) is 25.4. The topological polar surface area (TPSA) is 40.9 Å². The number of hydrogen-bond donors (Lipinski definition) is 0. The third-order valence-corrected chi connectivity index (χ3v) is 5.99. The summed E-state index contributed by atoms with van der Waals surface area (Å²) >= 11 is 0. The van der Waals surface area contributed by atoms with Crippen LogP contribution in [0.4, 0.5) is 0 Å². The quantitative estimate of drug-likeness (QED) is 0.335. The Balaban J connectivity index is 0.000000531. The zero-order valence-corrected chi connectivity index (χ0v) is 21.3. The molecule has 1 saturated carbocycles. The second kappa shape index (κ2) is 15.4. The van der Waals surface area contributed by atoms with Gasteiger partial charge in [-0.25, -0.2) is 0 Å². The average molecular weight is 453 g/mol. The Morgan fingerprint density at radius 2 is 1.45 bits per heavy atom. The summed E-state index contributed by atoms with van der Waals surface area (Å²) in [5.74, 6) is -0.281. The number of fused-ring (bicyclic) bond motifs is 2. The predicted molar refractivity (Wildman–Crippen MR) is 133 cm³/mol. The van der Waals surface area contributed by atoms with E-state index in [0.717, 1.165) is 25.7 Å². The first-order valence-electron chi connectivity index (χ1n) is 11.0. The first kappa shape index (κ1) is 29.6. The monoisotopic (exact) mass is 453 g/mol. The van der Waals surface area contributed by atoms with Gasteiger partial charge >= 0.3 is 21.7 Å². The Kier molecular flexibility index (Phi) is 14.7. The molecule has 0 aromatic heterocycles. The van der Waals surface area contributed by atoms with Gasteiger partial charge in [-0.3, -0.25) is 0 Å². The molecule has 1 amide bonds. The van der Waals surface area contributed by atoms with E-state index in [1.807, 2.05) is 0 Å². The van der Waals surface area contributed by atoms with Gasteiger partial charge < -0.3 is 25.4 Å². The first-order chi connectivity index (χ1) is 13.6. The van der Waals surface area contributed by atoms with E-state index in [2.05, 4.69) is 49.4 Å². The van der Waals surface area contributed by atoms with Crippen LogP contribution >= 0.6 is 0 Å². The Labute approximate surface area is 205 Å². The number of carbonyl (C=O) groups excluding carboxylic acids is 1. The summed E-state index contributed by atoms with van der Waals surface area (Å²) in [6.45, 7) is 2.09. The number of benzene rings is 1. The zero-order valence-electron chi connectivity index (χ0n) is 19.7. The summed E-state index contributed by atoms with van der Waals surface area (Å²) < 4.78 is 0. The Bertz CT molecular complexity index is 854. The Hall–Kier alpha value is -1.38. The molecule has 0 spiro atoms. The van der Waals surface area contributed by atoms with Crippen molar-refractivity contribution in [1.82, 2.24) is 0 Å². The molecular weight excluding hydrogens is 414 g/mol. The molecule has 166 valence electrons. The maximum atomic E-state index is 11.1. The largest absolute Gasteiger partial charge is 4.00 e. The van der Waals surface area contributed by atoms with Crippen molar-refractivity contribution in [2.45, 2.75) is 77.6 Å². The van der Waals surface area contributed by atoms with Crippen molar-refractivity contribution in [3.63, 3.8) is 0 Å². The smallest absolute Gasteiger partial charge is 0.668 e. The van der Waals surface area contributed by atoms with Crippen molar-refractivity contribution in [1.29, 1.82) is 0 Å². The Morgan fingerprint density at radius 3 is 2.00 bits per heavy atom. The van der Waals surface area contributed by atoms with Gasteiger partial charge in [-0.15, -0.1) is 23.3 Å². The van der Waals surface area contributed by atoms with Crippen LogP contribution in [0.2, 0.25) is 0 Å². The van der Waals surface area contributed by atoms with E-state index in [1.165, 1.54) is 72.1 Å². The summed E-state index contributed by atoms with van der Waals surface area (Å²) in [6, 6.07) is 4.44. The SMILES string of the molecule is CC1=Cc2cc3c(cc2=[C-]1)C=CC=3.[CH3-].[CH3-].[NH-]C(=O)C1CCCCCCCCCCC1.[Ti+4]. The molecule has 0 radical (unpaired) electrons. The third-order valence-electron chi connectivity index (χ3n) is 5.99. The summed E-state index contributed by atoms with van der Waals surface area (Å²) in [4.78, 5) is 11.1. The second-order valence-electron chi connectivity index (χ2n) is 8.37. The number of allylic oxidation sites excluding steroid dienone is 2. The predicted octanol–water partition coefficient (Wildman–Crippen LogP) is 6.95. The van der Waals surface area contributed by atoms with Crippen molar-refractivity contribution in [2.75, 3.05) is 0 Å². The molecule has 0 heterocycles. The molecule has 2 nitrogen and oxygen atoms in total. The molecule has 0 unspecified atom stereocenters. The van der Waals surface area contributed by atoms with E-state index >= 15 is 0 Å². The van der Waals surface area contributed by atoms with Crippen molar-refractivity contribution in [3.05, 3.63) is 65.9 Å². The number of nitrogens with one attached hydrogen (secondary N) is 1. The molecule has 0 saturated heterocycles. The van der Waals surface area contributed by atoms with Crippen LogP contribution in [0, 0.1) is 20.8 Å². The van der Waals surface area contributed by atoms with Crippen molar-refractivity contribution < 1.29 is 26.5 Å². The zero-order chi connectivity index (χ0) is 19.8. The van der Waals surface area contributed by atoms with Crippen LogP contribution in [0.25, 0.3) is 30.0 Å². The van der Waals surface area contributed by atoms with E-state index in [9.17, 15) is 4.79 Å². The van der Waals surface area contributed by atoms with Gasteiger partial charge in [0.2, 0.25) is 0 Å². The molecule has 0 bridgehead atoms. The molecule has 4 rings (SSSR count). The van der Waals surface area contributed by atoms with Crippen LogP contribution in [-0.4, -0.2) is 5.91 Å². The minimum absolute atomic E-state index is 0. The fraction of sp³-hybridized carbons (Fsp3) is 0.464. The molecule has 0 atom stereocenters. The molecule has 3 aliphatic carbocycles.